The van der Waals surface area contributed by atoms with Crippen molar-refractivity contribution in [2.75, 3.05) is 20.6 Å². The highest BCUT2D eigenvalue weighted by molar-refractivity contribution is 7.89. The van der Waals surface area contributed by atoms with Crippen molar-refractivity contribution >= 4 is 28.3 Å². The normalized spacial score (nSPS) is 12.3. The van der Waals surface area contributed by atoms with Gasteiger partial charge in [0.25, 0.3) is 5.91 Å². The number of benzene rings is 1. The number of halogens is 1. The van der Waals surface area contributed by atoms with Crippen molar-refractivity contribution in [2.24, 2.45) is 0 Å². The number of rotatable bonds is 6. The molecule has 0 radical (unpaired) electrons. The lowest BCUT2D eigenvalue weighted by molar-refractivity contribution is 0.0963. The van der Waals surface area contributed by atoms with Crippen LogP contribution in [0.5, 0.6) is 0 Å². The molecule has 1 rings (SSSR count). The van der Waals surface area contributed by atoms with Gasteiger partial charge < -0.3 is 10.6 Å². The number of sulfonamides is 1. The van der Waals surface area contributed by atoms with E-state index in [0.29, 0.717) is 12.1 Å². The van der Waals surface area contributed by atoms with Crippen molar-refractivity contribution in [1.29, 1.82) is 0 Å². The third-order valence-electron chi connectivity index (χ3n) is 2.73. The van der Waals surface area contributed by atoms with Crippen LogP contribution in [0.25, 0.3) is 0 Å². The maximum absolute atomic E-state index is 12.0. The standard InChI is InChI=1S/C12H19N3O3S.ClH/c1-9(13-2)8-15-19(17,18)11-6-4-10(5-7-11)12(16)14-3;/h4-7,9,13,15H,8H2,1-3H3,(H,14,16);1H. The molecule has 1 atom stereocenters. The second-order valence-electron chi connectivity index (χ2n) is 4.15. The number of amides is 1. The van der Waals surface area contributed by atoms with Crippen LogP contribution < -0.4 is 15.4 Å². The zero-order valence-corrected chi connectivity index (χ0v) is 13.3. The fourth-order valence-electron chi connectivity index (χ4n) is 1.35. The molecule has 1 aromatic rings. The summed E-state index contributed by atoms with van der Waals surface area (Å²) in [6, 6.07) is 5.83. The van der Waals surface area contributed by atoms with E-state index in [0.717, 1.165) is 0 Å². The Morgan fingerprint density at radius 1 is 1.20 bits per heavy atom. The zero-order chi connectivity index (χ0) is 14.5. The lowest BCUT2D eigenvalue weighted by Crippen LogP contribution is -2.37. The minimum Gasteiger partial charge on any atom is -0.355 e. The van der Waals surface area contributed by atoms with Crippen LogP contribution in [0.2, 0.25) is 0 Å². The van der Waals surface area contributed by atoms with Crippen LogP contribution in [-0.4, -0.2) is 41.0 Å². The first-order chi connectivity index (χ1) is 8.90. The summed E-state index contributed by atoms with van der Waals surface area (Å²) in [5, 5.41) is 5.42. The van der Waals surface area contributed by atoms with E-state index in [9.17, 15) is 13.2 Å². The molecule has 0 aliphatic rings. The lowest BCUT2D eigenvalue weighted by atomic mass is 10.2. The smallest absolute Gasteiger partial charge is 0.251 e. The summed E-state index contributed by atoms with van der Waals surface area (Å²) in [5.74, 6) is -0.249. The van der Waals surface area contributed by atoms with E-state index < -0.39 is 10.0 Å². The molecule has 8 heteroatoms. The summed E-state index contributed by atoms with van der Waals surface area (Å²) >= 11 is 0. The predicted molar refractivity (Wildman–Crippen MR) is 80.8 cm³/mol. The van der Waals surface area contributed by atoms with Crippen molar-refractivity contribution in [3.63, 3.8) is 0 Å². The average Bonchev–Trinajstić information content (AvgIpc) is 2.44. The van der Waals surface area contributed by atoms with Gasteiger partial charge in [-0.3, -0.25) is 4.79 Å². The first-order valence-electron chi connectivity index (χ1n) is 5.89. The molecule has 6 nitrogen and oxygen atoms in total. The third kappa shape index (κ3) is 5.09. The summed E-state index contributed by atoms with van der Waals surface area (Å²) in [4.78, 5) is 11.5. The van der Waals surface area contributed by atoms with E-state index in [1.807, 2.05) is 6.92 Å². The zero-order valence-electron chi connectivity index (χ0n) is 11.6. The molecule has 0 saturated carbocycles. The first kappa shape index (κ1) is 18.9. The van der Waals surface area contributed by atoms with Gasteiger partial charge in [0.05, 0.1) is 4.90 Å². The van der Waals surface area contributed by atoms with Gasteiger partial charge in [0, 0.05) is 25.2 Å². The van der Waals surface area contributed by atoms with Gasteiger partial charge in [-0.25, -0.2) is 13.1 Å². The average molecular weight is 322 g/mol. The van der Waals surface area contributed by atoms with E-state index in [1.54, 1.807) is 7.05 Å². The minimum atomic E-state index is -3.54. The number of nitrogens with one attached hydrogen (secondary N) is 3. The summed E-state index contributed by atoms with van der Waals surface area (Å²) < 4.78 is 26.4. The Bertz CT molecular complexity index is 531. The quantitative estimate of drug-likeness (QED) is 0.706. The van der Waals surface area contributed by atoms with Gasteiger partial charge >= 0.3 is 0 Å². The van der Waals surface area contributed by atoms with E-state index in [4.69, 9.17) is 0 Å². The number of likely N-dealkylation sites (N-methyl/N-ethyl adjacent to an activating group) is 1. The maximum Gasteiger partial charge on any atom is 0.251 e. The highest BCUT2D eigenvalue weighted by Gasteiger charge is 2.15. The highest BCUT2D eigenvalue weighted by Crippen LogP contribution is 2.10. The summed E-state index contributed by atoms with van der Waals surface area (Å²) in [6.45, 7) is 2.17. The molecule has 20 heavy (non-hydrogen) atoms. The molecule has 1 amide bonds. The Labute approximate surface area is 125 Å². The maximum atomic E-state index is 12.0. The largest absolute Gasteiger partial charge is 0.355 e. The van der Waals surface area contributed by atoms with Crippen molar-refractivity contribution < 1.29 is 13.2 Å². The Kier molecular flexibility index (Phi) is 7.74. The molecule has 0 spiro atoms. The van der Waals surface area contributed by atoms with Gasteiger partial charge in [-0.05, 0) is 38.2 Å². The van der Waals surface area contributed by atoms with Crippen LogP contribution in [0.4, 0.5) is 0 Å². The highest BCUT2D eigenvalue weighted by atomic mass is 35.5. The van der Waals surface area contributed by atoms with Gasteiger partial charge in [0.15, 0.2) is 0 Å². The molecular weight excluding hydrogens is 302 g/mol. The van der Waals surface area contributed by atoms with Crippen LogP contribution in [-0.2, 0) is 10.0 Å². The van der Waals surface area contributed by atoms with Crippen LogP contribution in [0.15, 0.2) is 29.2 Å². The molecule has 0 saturated heterocycles. The van der Waals surface area contributed by atoms with Crippen molar-refractivity contribution in [2.45, 2.75) is 17.9 Å². The van der Waals surface area contributed by atoms with Crippen molar-refractivity contribution in [3.05, 3.63) is 29.8 Å². The Morgan fingerprint density at radius 2 is 1.75 bits per heavy atom. The number of carbonyl (C=O) groups is 1. The van der Waals surface area contributed by atoms with Crippen molar-refractivity contribution in [3.8, 4) is 0 Å². The number of carbonyl (C=O) groups excluding carboxylic acids is 1. The molecule has 1 unspecified atom stereocenters. The SMILES string of the molecule is CNC(=O)c1ccc(S(=O)(=O)NCC(C)NC)cc1.Cl. The lowest BCUT2D eigenvalue weighted by Gasteiger charge is -2.12. The van der Waals surface area contributed by atoms with Crippen LogP contribution in [0, 0.1) is 0 Å². The molecule has 0 aliphatic heterocycles. The van der Waals surface area contributed by atoms with E-state index in [2.05, 4.69) is 15.4 Å². The van der Waals surface area contributed by atoms with Crippen molar-refractivity contribution in [1.82, 2.24) is 15.4 Å². The van der Waals surface area contributed by atoms with Gasteiger partial charge in [-0.1, -0.05) is 0 Å². The molecule has 114 valence electrons. The van der Waals surface area contributed by atoms with E-state index in [-0.39, 0.29) is 29.3 Å². The fraction of sp³-hybridized carbons (Fsp3) is 0.417. The van der Waals surface area contributed by atoms with Crippen LogP contribution >= 0.6 is 12.4 Å². The number of hydrogen-bond acceptors (Lipinski definition) is 4. The molecular formula is C12H20ClN3O3S. The Morgan fingerprint density at radius 3 is 2.20 bits per heavy atom. The first-order valence-corrected chi connectivity index (χ1v) is 7.38. The fourth-order valence-corrected chi connectivity index (χ4v) is 2.48. The second-order valence-corrected chi connectivity index (χ2v) is 5.91. The van der Waals surface area contributed by atoms with Gasteiger partial charge in [-0.15, -0.1) is 12.4 Å². The molecule has 0 aliphatic carbocycles. The molecule has 1 aromatic carbocycles. The van der Waals surface area contributed by atoms with Gasteiger partial charge in [0.1, 0.15) is 0 Å². The van der Waals surface area contributed by atoms with Gasteiger partial charge in [0.2, 0.25) is 10.0 Å². The summed E-state index contributed by atoms with van der Waals surface area (Å²) in [5.41, 5.74) is 0.421. The molecule has 0 bridgehead atoms. The van der Waals surface area contributed by atoms with E-state index in [1.165, 1.54) is 31.3 Å². The minimum absolute atomic E-state index is 0. The second kappa shape index (κ2) is 8.21. The third-order valence-corrected chi connectivity index (χ3v) is 4.17. The molecule has 0 fully saturated rings. The topological polar surface area (TPSA) is 87.3 Å². The summed E-state index contributed by atoms with van der Waals surface area (Å²) in [7, 11) is -0.254. The summed E-state index contributed by atoms with van der Waals surface area (Å²) in [6.07, 6.45) is 0. The Hall–Kier alpha value is -1.15. The van der Waals surface area contributed by atoms with Crippen LogP contribution in [0.1, 0.15) is 17.3 Å². The monoisotopic (exact) mass is 321 g/mol. The Balaban J connectivity index is 0.00000361. The van der Waals surface area contributed by atoms with Gasteiger partial charge in [-0.2, -0.15) is 0 Å². The molecule has 0 heterocycles. The van der Waals surface area contributed by atoms with E-state index >= 15 is 0 Å². The van der Waals surface area contributed by atoms with Crippen LogP contribution in [0.3, 0.4) is 0 Å². The predicted octanol–water partition coefficient (Wildman–Crippen LogP) is 0.354. The number of hydrogen-bond donors (Lipinski definition) is 3. The molecule has 3 N–H and O–H groups in total. The molecule has 0 aromatic heterocycles.